The smallest absolute Gasteiger partial charge is 0.348 e. The zero-order chi connectivity index (χ0) is 11.3. The van der Waals surface area contributed by atoms with Gasteiger partial charge in [0.15, 0.2) is 16.3 Å². The van der Waals surface area contributed by atoms with E-state index < -0.39 is 12.1 Å². The molecular formula is C11H11BrO3. The van der Waals surface area contributed by atoms with Crippen molar-refractivity contribution in [2.75, 3.05) is 0 Å². The molecule has 1 atom stereocenters. The highest BCUT2D eigenvalue weighted by atomic mass is 79.9. The van der Waals surface area contributed by atoms with Crippen LogP contribution in [0.15, 0.2) is 42.5 Å². The third-order valence-corrected chi connectivity index (χ3v) is 2.17. The first-order chi connectivity index (χ1) is 7.15. The molecule has 0 aliphatic heterocycles. The molecule has 0 aromatic heterocycles. The maximum atomic E-state index is 11.1. The summed E-state index contributed by atoms with van der Waals surface area (Å²) in [5, 5.41) is 0. The molecule has 0 radical (unpaired) electrons. The molecule has 0 N–H and O–H groups in total. The van der Waals surface area contributed by atoms with E-state index in [1.165, 1.54) is 0 Å². The highest BCUT2D eigenvalue weighted by molar-refractivity contribution is 9.06. The first-order valence-corrected chi connectivity index (χ1v) is 5.03. The fourth-order valence-electron chi connectivity index (χ4n) is 0.990. The number of ether oxygens (including phenoxy) is 1. The van der Waals surface area contributed by atoms with Crippen LogP contribution in [0.2, 0.25) is 0 Å². The highest BCUT2D eigenvalue weighted by Crippen LogP contribution is 2.15. The number of para-hydroxylation sites is 1. The van der Waals surface area contributed by atoms with Gasteiger partial charge in [0.05, 0.1) is 5.57 Å². The highest BCUT2D eigenvalue weighted by Gasteiger charge is 2.17. The summed E-state index contributed by atoms with van der Waals surface area (Å²) in [6.07, 6.45) is -0.419. The van der Waals surface area contributed by atoms with Gasteiger partial charge in [0.2, 0.25) is 0 Å². The van der Waals surface area contributed by atoms with Gasteiger partial charge in [-0.3, -0.25) is 0 Å². The Morgan fingerprint density at radius 1 is 1.40 bits per heavy atom. The summed E-state index contributed by atoms with van der Waals surface area (Å²) >= 11 is 2.60. The number of rotatable bonds is 4. The number of carbonyl (C=O) groups is 1. The molecule has 0 fully saturated rings. The van der Waals surface area contributed by atoms with Gasteiger partial charge in [0.1, 0.15) is 11.9 Å². The summed E-state index contributed by atoms with van der Waals surface area (Å²) in [5.41, 5.74) is 0.260. The molecule has 15 heavy (non-hydrogen) atoms. The first kappa shape index (κ1) is 11.8. The molecule has 80 valence electrons. The zero-order valence-electron chi connectivity index (χ0n) is 8.27. The maximum absolute atomic E-state index is 11.1. The van der Waals surface area contributed by atoms with Crippen molar-refractivity contribution in [2.24, 2.45) is 0 Å². The Hall–Kier alpha value is -1.29. The van der Waals surface area contributed by atoms with Crippen molar-refractivity contribution in [3.05, 3.63) is 42.5 Å². The number of hydrogen-bond donors (Lipinski definition) is 0. The van der Waals surface area contributed by atoms with Crippen molar-refractivity contribution in [1.82, 2.24) is 0 Å². The second-order valence-electron chi connectivity index (χ2n) is 2.96. The predicted octanol–water partition coefficient (Wildman–Crippen LogP) is 2.86. The van der Waals surface area contributed by atoms with Crippen molar-refractivity contribution < 1.29 is 13.4 Å². The van der Waals surface area contributed by atoms with Crippen LogP contribution in [0.3, 0.4) is 0 Å². The van der Waals surface area contributed by atoms with Gasteiger partial charge in [0, 0.05) is 0 Å². The molecule has 0 bridgehead atoms. The topological polar surface area (TPSA) is 35.5 Å². The van der Waals surface area contributed by atoms with Crippen molar-refractivity contribution >= 4 is 22.2 Å². The molecule has 1 rings (SSSR count). The third-order valence-electron chi connectivity index (χ3n) is 1.88. The van der Waals surface area contributed by atoms with E-state index >= 15 is 0 Å². The molecule has 0 spiro atoms. The minimum absolute atomic E-state index is 0.260. The van der Waals surface area contributed by atoms with Gasteiger partial charge in [-0.05, 0) is 19.1 Å². The second kappa shape index (κ2) is 5.56. The van der Waals surface area contributed by atoms with Gasteiger partial charge in [-0.2, -0.15) is 0 Å². The van der Waals surface area contributed by atoms with E-state index in [-0.39, 0.29) is 5.57 Å². The van der Waals surface area contributed by atoms with Gasteiger partial charge >= 0.3 is 5.97 Å². The van der Waals surface area contributed by atoms with E-state index in [9.17, 15) is 4.79 Å². The molecule has 0 heterocycles. The van der Waals surface area contributed by atoms with E-state index in [0.717, 1.165) is 0 Å². The quantitative estimate of drug-likeness (QED) is 0.790. The van der Waals surface area contributed by atoms with Crippen molar-refractivity contribution in [1.29, 1.82) is 0 Å². The average Bonchev–Trinajstić information content (AvgIpc) is 2.28. The normalized spacial score (nSPS) is 11.6. The Morgan fingerprint density at radius 2 is 2.00 bits per heavy atom. The molecule has 0 saturated heterocycles. The third kappa shape index (κ3) is 3.40. The zero-order valence-corrected chi connectivity index (χ0v) is 9.86. The van der Waals surface area contributed by atoms with Gasteiger partial charge in [-0.25, -0.2) is 4.79 Å². The Morgan fingerprint density at radius 3 is 2.53 bits per heavy atom. The SMILES string of the molecule is C=C(C(=O)OBr)C(C)Oc1ccccc1. The van der Waals surface area contributed by atoms with Crippen molar-refractivity contribution in [2.45, 2.75) is 13.0 Å². The molecule has 3 nitrogen and oxygen atoms in total. The Kier molecular flexibility index (Phi) is 4.37. The summed E-state index contributed by atoms with van der Waals surface area (Å²) in [6, 6.07) is 9.22. The second-order valence-corrected chi connectivity index (χ2v) is 3.29. The van der Waals surface area contributed by atoms with E-state index in [1.807, 2.05) is 30.3 Å². The summed E-state index contributed by atoms with van der Waals surface area (Å²) in [5.74, 6) is 0.159. The molecule has 0 aliphatic carbocycles. The minimum atomic E-state index is -0.529. The molecule has 0 amide bonds. The maximum Gasteiger partial charge on any atom is 0.348 e. The van der Waals surface area contributed by atoms with E-state index in [4.69, 9.17) is 4.74 Å². The fraction of sp³-hybridized carbons (Fsp3) is 0.182. The minimum Gasteiger partial charge on any atom is -0.486 e. The fourth-order valence-corrected chi connectivity index (χ4v) is 1.20. The molecule has 1 aromatic rings. The monoisotopic (exact) mass is 270 g/mol. The van der Waals surface area contributed by atoms with Gasteiger partial charge in [-0.1, -0.05) is 24.8 Å². The summed E-state index contributed by atoms with van der Waals surface area (Å²) in [4.78, 5) is 11.1. The van der Waals surface area contributed by atoms with Crippen LogP contribution in [0.5, 0.6) is 5.75 Å². The van der Waals surface area contributed by atoms with Crippen LogP contribution >= 0.6 is 16.3 Å². The molecular weight excluding hydrogens is 260 g/mol. The molecule has 1 aromatic carbocycles. The van der Waals surface area contributed by atoms with Crippen LogP contribution in [0.25, 0.3) is 0 Å². The number of halogens is 1. The summed E-state index contributed by atoms with van der Waals surface area (Å²) in [7, 11) is 0. The van der Waals surface area contributed by atoms with Crippen molar-refractivity contribution in [3.63, 3.8) is 0 Å². The van der Waals surface area contributed by atoms with Crippen LogP contribution in [-0.2, 0) is 8.62 Å². The molecule has 1 unspecified atom stereocenters. The standard InChI is InChI=1S/C11H11BrO3/c1-8(11(13)15-12)9(2)14-10-6-4-3-5-7-10/h3-7,9H,1H2,2H3. The van der Waals surface area contributed by atoms with Crippen LogP contribution in [0.1, 0.15) is 6.92 Å². The van der Waals surface area contributed by atoms with E-state index in [2.05, 4.69) is 26.7 Å². The largest absolute Gasteiger partial charge is 0.486 e. The molecule has 4 heteroatoms. The molecule has 0 aliphatic rings. The van der Waals surface area contributed by atoms with Crippen molar-refractivity contribution in [3.8, 4) is 5.75 Å². The first-order valence-electron chi connectivity index (χ1n) is 4.38. The van der Waals surface area contributed by atoms with Gasteiger partial charge in [0.25, 0.3) is 0 Å². The Balaban J connectivity index is 2.60. The Bertz CT molecular complexity index is 348. The predicted molar refractivity (Wildman–Crippen MR) is 60.7 cm³/mol. The lowest BCUT2D eigenvalue weighted by Crippen LogP contribution is -2.20. The van der Waals surface area contributed by atoms with Gasteiger partial charge < -0.3 is 8.57 Å². The van der Waals surface area contributed by atoms with Crippen LogP contribution in [0, 0.1) is 0 Å². The lowest BCUT2D eigenvalue weighted by Gasteiger charge is -2.14. The van der Waals surface area contributed by atoms with Crippen LogP contribution < -0.4 is 4.74 Å². The Labute approximate surface area is 97.1 Å². The van der Waals surface area contributed by atoms with Crippen LogP contribution in [-0.4, -0.2) is 12.1 Å². The number of carbonyl (C=O) groups excluding carboxylic acids is 1. The van der Waals surface area contributed by atoms with Crippen LogP contribution in [0.4, 0.5) is 0 Å². The average molecular weight is 271 g/mol. The summed E-state index contributed by atoms with van der Waals surface area (Å²) in [6.45, 7) is 5.33. The lowest BCUT2D eigenvalue weighted by atomic mass is 10.2. The van der Waals surface area contributed by atoms with E-state index in [0.29, 0.717) is 5.75 Å². The summed E-state index contributed by atoms with van der Waals surface area (Å²) < 4.78 is 9.84. The lowest BCUT2D eigenvalue weighted by molar-refractivity contribution is -0.129. The number of benzene rings is 1. The van der Waals surface area contributed by atoms with Gasteiger partial charge in [-0.15, -0.1) is 0 Å². The molecule has 0 saturated carbocycles. The van der Waals surface area contributed by atoms with E-state index in [1.54, 1.807) is 6.92 Å². The number of hydrogen-bond acceptors (Lipinski definition) is 3.